The number of hydrogen-bond acceptors (Lipinski definition) is 3. The van der Waals surface area contributed by atoms with E-state index < -0.39 is 11.7 Å². The van der Waals surface area contributed by atoms with Crippen LogP contribution in [0.4, 0.5) is 13.2 Å². The lowest BCUT2D eigenvalue weighted by Gasteiger charge is -2.40. The quantitative estimate of drug-likeness (QED) is 0.644. The molecule has 0 saturated carbocycles. The maximum atomic E-state index is 13.2. The summed E-state index contributed by atoms with van der Waals surface area (Å²) in [6.45, 7) is 5.22. The SMILES string of the molecule is C=CC(=O)N1CCC(N2CCc3c(Oc4ccc(C(F)(F)F)cc4)cccc3C2=O)CC1. The molecule has 0 aliphatic carbocycles. The monoisotopic (exact) mass is 444 g/mol. The van der Waals surface area contributed by atoms with Gasteiger partial charge in [-0.15, -0.1) is 0 Å². The molecule has 5 nitrogen and oxygen atoms in total. The molecule has 2 aromatic carbocycles. The van der Waals surface area contributed by atoms with Gasteiger partial charge in [0.05, 0.1) is 5.56 Å². The van der Waals surface area contributed by atoms with Crippen LogP contribution in [0.5, 0.6) is 11.5 Å². The normalized spacial score (nSPS) is 17.2. The van der Waals surface area contributed by atoms with Gasteiger partial charge in [0.25, 0.3) is 5.91 Å². The van der Waals surface area contributed by atoms with Gasteiger partial charge in [-0.3, -0.25) is 9.59 Å². The van der Waals surface area contributed by atoms with Crippen molar-refractivity contribution in [3.8, 4) is 11.5 Å². The fraction of sp³-hybridized carbons (Fsp3) is 0.333. The van der Waals surface area contributed by atoms with Crippen LogP contribution < -0.4 is 4.74 Å². The summed E-state index contributed by atoms with van der Waals surface area (Å²) in [6.07, 6.45) is -1.09. The summed E-state index contributed by atoms with van der Waals surface area (Å²) in [5.41, 5.74) is 0.560. The lowest BCUT2D eigenvalue weighted by atomic mass is 9.94. The van der Waals surface area contributed by atoms with Gasteiger partial charge in [0.1, 0.15) is 11.5 Å². The van der Waals surface area contributed by atoms with Gasteiger partial charge < -0.3 is 14.5 Å². The van der Waals surface area contributed by atoms with Crippen LogP contribution in [0.3, 0.4) is 0 Å². The second-order valence-electron chi connectivity index (χ2n) is 7.92. The van der Waals surface area contributed by atoms with E-state index in [0.717, 1.165) is 17.7 Å². The molecule has 168 valence electrons. The summed E-state index contributed by atoms with van der Waals surface area (Å²) in [5, 5.41) is 0. The van der Waals surface area contributed by atoms with E-state index in [-0.39, 0.29) is 23.6 Å². The third kappa shape index (κ3) is 4.35. The molecule has 0 radical (unpaired) electrons. The predicted molar refractivity (Wildman–Crippen MR) is 112 cm³/mol. The number of fused-ring (bicyclic) bond motifs is 1. The Labute approximate surface area is 184 Å². The molecular weight excluding hydrogens is 421 g/mol. The second kappa shape index (κ2) is 8.68. The predicted octanol–water partition coefficient (Wildman–Crippen LogP) is 4.67. The van der Waals surface area contributed by atoms with E-state index in [9.17, 15) is 22.8 Å². The number of carbonyl (C=O) groups excluding carboxylic acids is 2. The first-order valence-electron chi connectivity index (χ1n) is 10.5. The maximum absolute atomic E-state index is 13.2. The van der Waals surface area contributed by atoms with E-state index in [1.165, 1.54) is 18.2 Å². The third-order valence-electron chi connectivity index (χ3n) is 6.03. The number of amides is 2. The third-order valence-corrected chi connectivity index (χ3v) is 6.03. The van der Waals surface area contributed by atoms with Crippen molar-refractivity contribution in [2.75, 3.05) is 19.6 Å². The topological polar surface area (TPSA) is 49.9 Å². The molecule has 4 rings (SSSR count). The number of nitrogens with zero attached hydrogens (tertiary/aromatic N) is 2. The van der Waals surface area contributed by atoms with E-state index in [2.05, 4.69) is 6.58 Å². The molecule has 0 unspecified atom stereocenters. The van der Waals surface area contributed by atoms with Gasteiger partial charge >= 0.3 is 6.18 Å². The molecule has 1 fully saturated rings. The Morgan fingerprint density at radius 1 is 1.06 bits per heavy atom. The molecule has 0 bridgehead atoms. The van der Waals surface area contributed by atoms with Crippen LogP contribution in [0.25, 0.3) is 0 Å². The van der Waals surface area contributed by atoms with Gasteiger partial charge in [0, 0.05) is 36.8 Å². The highest BCUT2D eigenvalue weighted by molar-refractivity contribution is 5.97. The van der Waals surface area contributed by atoms with Gasteiger partial charge in [-0.2, -0.15) is 13.2 Å². The van der Waals surface area contributed by atoms with Crippen LogP contribution >= 0.6 is 0 Å². The molecule has 2 aromatic rings. The number of benzene rings is 2. The van der Waals surface area contributed by atoms with Crippen molar-refractivity contribution in [3.05, 3.63) is 71.8 Å². The van der Waals surface area contributed by atoms with Crippen LogP contribution in [0.1, 0.15) is 34.3 Å². The van der Waals surface area contributed by atoms with Crippen molar-refractivity contribution >= 4 is 11.8 Å². The molecule has 1 saturated heterocycles. The second-order valence-corrected chi connectivity index (χ2v) is 7.92. The highest BCUT2D eigenvalue weighted by atomic mass is 19.4. The number of carbonyl (C=O) groups is 2. The summed E-state index contributed by atoms with van der Waals surface area (Å²) in [5.74, 6) is 0.573. The standard InChI is InChI=1S/C24H23F3N2O3/c1-2-22(30)28-13-10-17(11-14-28)29-15-12-19-20(23(29)31)4-3-5-21(19)32-18-8-6-16(7-9-18)24(25,26)27/h2-9,17H,1,10-15H2. The molecule has 2 aliphatic rings. The fourth-order valence-corrected chi connectivity index (χ4v) is 4.32. The van der Waals surface area contributed by atoms with Gasteiger partial charge in [0.15, 0.2) is 0 Å². The van der Waals surface area contributed by atoms with Crippen LogP contribution in [0, 0.1) is 0 Å². The first kappa shape index (κ1) is 21.9. The van der Waals surface area contributed by atoms with E-state index in [1.54, 1.807) is 23.1 Å². The van der Waals surface area contributed by atoms with E-state index in [4.69, 9.17) is 4.74 Å². The van der Waals surface area contributed by atoms with Crippen LogP contribution in [-0.4, -0.2) is 47.3 Å². The summed E-state index contributed by atoms with van der Waals surface area (Å²) in [4.78, 5) is 28.6. The van der Waals surface area contributed by atoms with E-state index >= 15 is 0 Å². The number of rotatable bonds is 4. The zero-order valence-electron chi connectivity index (χ0n) is 17.4. The molecule has 0 spiro atoms. The highest BCUT2D eigenvalue weighted by Gasteiger charge is 2.34. The van der Waals surface area contributed by atoms with Gasteiger partial charge in [-0.25, -0.2) is 0 Å². The van der Waals surface area contributed by atoms with Gasteiger partial charge in [0.2, 0.25) is 5.91 Å². The van der Waals surface area contributed by atoms with Crippen molar-refractivity contribution in [1.82, 2.24) is 9.80 Å². The number of likely N-dealkylation sites (tertiary alicyclic amines) is 1. The molecule has 32 heavy (non-hydrogen) atoms. The Bertz CT molecular complexity index is 1030. The molecule has 8 heteroatoms. The summed E-state index contributed by atoms with van der Waals surface area (Å²) >= 11 is 0. The number of hydrogen-bond donors (Lipinski definition) is 0. The minimum absolute atomic E-state index is 0.0593. The van der Waals surface area contributed by atoms with Crippen molar-refractivity contribution in [2.24, 2.45) is 0 Å². The number of piperidine rings is 1. The van der Waals surface area contributed by atoms with Crippen LogP contribution in [0.15, 0.2) is 55.1 Å². The molecular formula is C24H23F3N2O3. The molecule has 0 N–H and O–H groups in total. The Morgan fingerprint density at radius 2 is 1.75 bits per heavy atom. The maximum Gasteiger partial charge on any atom is 0.416 e. The number of ether oxygens (including phenoxy) is 1. The molecule has 0 aromatic heterocycles. The van der Waals surface area contributed by atoms with Crippen molar-refractivity contribution < 1.29 is 27.5 Å². The molecule has 2 aliphatic heterocycles. The van der Waals surface area contributed by atoms with Gasteiger partial charge in [-0.05, 0) is 61.7 Å². The molecule has 2 heterocycles. The molecule has 2 amide bonds. The number of alkyl halides is 3. The van der Waals surface area contributed by atoms with Crippen molar-refractivity contribution in [2.45, 2.75) is 31.5 Å². The first-order valence-corrected chi connectivity index (χ1v) is 10.5. The minimum atomic E-state index is -4.41. The molecule has 0 atom stereocenters. The zero-order chi connectivity index (χ0) is 22.9. The largest absolute Gasteiger partial charge is 0.457 e. The lowest BCUT2D eigenvalue weighted by molar-refractivity contribution is -0.137. The highest BCUT2D eigenvalue weighted by Crippen LogP contribution is 2.35. The fourth-order valence-electron chi connectivity index (χ4n) is 4.32. The summed E-state index contributed by atoms with van der Waals surface area (Å²) in [7, 11) is 0. The average Bonchev–Trinajstić information content (AvgIpc) is 2.79. The van der Waals surface area contributed by atoms with Crippen molar-refractivity contribution in [3.63, 3.8) is 0 Å². The van der Waals surface area contributed by atoms with E-state index in [1.807, 2.05) is 4.90 Å². The van der Waals surface area contributed by atoms with Crippen LogP contribution in [0.2, 0.25) is 0 Å². The summed E-state index contributed by atoms with van der Waals surface area (Å²) in [6, 6.07) is 9.74. The Balaban J connectivity index is 1.48. The van der Waals surface area contributed by atoms with Crippen molar-refractivity contribution in [1.29, 1.82) is 0 Å². The van der Waals surface area contributed by atoms with Crippen LogP contribution in [-0.2, 0) is 17.4 Å². The van der Waals surface area contributed by atoms with Gasteiger partial charge in [-0.1, -0.05) is 12.6 Å². The Morgan fingerprint density at radius 3 is 2.38 bits per heavy atom. The zero-order valence-corrected chi connectivity index (χ0v) is 17.4. The lowest BCUT2D eigenvalue weighted by Crippen LogP contribution is -2.50. The summed E-state index contributed by atoms with van der Waals surface area (Å²) < 4.78 is 44.2. The minimum Gasteiger partial charge on any atom is -0.457 e. The number of halogens is 3. The average molecular weight is 444 g/mol. The first-order chi connectivity index (χ1) is 15.3. The smallest absolute Gasteiger partial charge is 0.416 e. The Hall–Kier alpha value is -3.29. The Kier molecular flexibility index (Phi) is 5.95. The van der Waals surface area contributed by atoms with E-state index in [0.29, 0.717) is 50.2 Å².